The summed E-state index contributed by atoms with van der Waals surface area (Å²) in [5, 5.41) is 6.96. The molecule has 86 valence electrons. The molecule has 0 bridgehead atoms. The Morgan fingerprint density at radius 3 is 3.12 bits per heavy atom. The van der Waals surface area contributed by atoms with E-state index in [4.69, 9.17) is 4.52 Å². The lowest BCUT2D eigenvalue weighted by molar-refractivity contribution is 0.384. The van der Waals surface area contributed by atoms with Gasteiger partial charge < -0.3 is 14.8 Å². The Morgan fingerprint density at radius 1 is 1.35 bits per heavy atom. The molecule has 0 radical (unpaired) electrons. The molecule has 0 aliphatic rings. The summed E-state index contributed by atoms with van der Waals surface area (Å²) in [5.74, 6) is 1.45. The fourth-order valence-electron chi connectivity index (χ4n) is 1.57. The summed E-state index contributed by atoms with van der Waals surface area (Å²) in [6.45, 7) is 2.40. The number of hydrogen-bond acceptors (Lipinski definition) is 6. The van der Waals surface area contributed by atoms with Gasteiger partial charge >= 0.3 is 0 Å². The number of fused-ring (bicyclic) bond motifs is 1. The van der Waals surface area contributed by atoms with Crippen LogP contribution in [0.2, 0.25) is 0 Å². The van der Waals surface area contributed by atoms with E-state index < -0.39 is 0 Å². The van der Waals surface area contributed by atoms with Crippen molar-refractivity contribution < 1.29 is 4.52 Å². The maximum absolute atomic E-state index is 5.10. The fraction of sp³-hybridized carbons (Fsp3) is 0.200. The highest BCUT2D eigenvalue weighted by Gasteiger charge is 2.06. The van der Waals surface area contributed by atoms with Crippen LogP contribution >= 0.6 is 0 Å². The van der Waals surface area contributed by atoms with Gasteiger partial charge in [-0.3, -0.25) is 0 Å². The van der Waals surface area contributed by atoms with Gasteiger partial charge in [0.2, 0.25) is 0 Å². The summed E-state index contributed by atoms with van der Waals surface area (Å²) in [5.41, 5.74) is 2.27. The first kappa shape index (κ1) is 9.76. The molecule has 0 saturated heterocycles. The predicted molar refractivity (Wildman–Crippen MR) is 60.3 cm³/mol. The molecular formula is C10H10N6O. The zero-order chi connectivity index (χ0) is 11.7. The molecule has 0 aromatic carbocycles. The molecule has 0 aliphatic heterocycles. The third-order valence-corrected chi connectivity index (χ3v) is 2.33. The normalized spacial score (nSPS) is 10.9. The van der Waals surface area contributed by atoms with E-state index in [-0.39, 0.29) is 0 Å². The second-order valence-corrected chi connectivity index (χ2v) is 3.61. The molecule has 3 aromatic rings. The Kier molecular flexibility index (Phi) is 2.21. The number of nitrogens with one attached hydrogen (secondary N) is 2. The van der Waals surface area contributed by atoms with Crippen molar-refractivity contribution in [2.75, 3.05) is 5.32 Å². The number of hydrogen-bond donors (Lipinski definition) is 2. The van der Waals surface area contributed by atoms with E-state index in [1.807, 2.05) is 13.0 Å². The number of anilines is 1. The Balaban J connectivity index is 1.83. The number of imidazole rings is 1. The predicted octanol–water partition coefficient (Wildman–Crippen LogP) is 1.26. The Hall–Kier alpha value is -2.44. The molecule has 7 heteroatoms. The first-order valence-corrected chi connectivity index (χ1v) is 5.13. The third kappa shape index (κ3) is 1.82. The van der Waals surface area contributed by atoms with E-state index in [0.29, 0.717) is 18.0 Å². The van der Waals surface area contributed by atoms with Crippen molar-refractivity contribution in [1.29, 1.82) is 0 Å². The lowest BCUT2D eigenvalue weighted by Gasteiger charge is -2.02. The minimum atomic E-state index is 0.520. The highest BCUT2D eigenvalue weighted by molar-refractivity contribution is 5.81. The van der Waals surface area contributed by atoms with Gasteiger partial charge in [0.15, 0.2) is 17.2 Å². The van der Waals surface area contributed by atoms with Gasteiger partial charge in [0, 0.05) is 6.07 Å². The molecule has 0 atom stereocenters. The molecule has 0 saturated carbocycles. The molecule has 0 fully saturated rings. The summed E-state index contributed by atoms with van der Waals surface area (Å²) in [7, 11) is 0. The van der Waals surface area contributed by atoms with Crippen LogP contribution in [0.15, 0.2) is 23.2 Å². The lowest BCUT2D eigenvalue weighted by Crippen LogP contribution is -2.01. The molecule has 0 unspecified atom stereocenters. The Labute approximate surface area is 96.3 Å². The molecule has 0 amide bonds. The molecule has 0 spiro atoms. The van der Waals surface area contributed by atoms with Crippen molar-refractivity contribution in [1.82, 2.24) is 25.1 Å². The van der Waals surface area contributed by atoms with Gasteiger partial charge in [-0.15, -0.1) is 0 Å². The minimum Gasteiger partial charge on any atom is -0.361 e. The van der Waals surface area contributed by atoms with Crippen LogP contribution in [-0.4, -0.2) is 25.1 Å². The third-order valence-electron chi connectivity index (χ3n) is 2.33. The van der Waals surface area contributed by atoms with E-state index in [1.165, 1.54) is 6.33 Å². The quantitative estimate of drug-likeness (QED) is 0.703. The average Bonchev–Trinajstić information content (AvgIpc) is 2.94. The number of H-pyrrole nitrogens is 1. The van der Waals surface area contributed by atoms with Crippen molar-refractivity contribution >= 4 is 17.0 Å². The summed E-state index contributed by atoms with van der Waals surface area (Å²) in [6, 6.07) is 1.87. The van der Waals surface area contributed by atoms with Gasteiger partial charge in [0.05, 0.1) is 18.6 Å². The Bertz CT molecular complexity index is 643. The van der Waals surface area contributed by atoms with Crippen LogP contribution in [-0.2, 0) is 6.54 Å². The maximum atomic E-state index is 5.10. The van der Waals surface area contributed by atoms with Gasteiger partial charge in [0.1, 0.15) is 11.8 Å². The van der Waals surface area contributed by atoms with Crippen molar-refractivity contribution in [3.8, 4) is 0 Å². The van der Waals surface area contributed by atoms with Gasteiger partial charge in [-0.2, -0.15) is 0 Å². The molecule has 7 nitrogen and oxygen atoms in total. The smallest absolute Gasteiger partial charge is 0.182 e. The fourth-order valence-corrected chi connectivity index (χ4v) is 1.57. The monoisotopic (exact) mass is 230 g/mol. The summed E-state index contributed by atoms with van der Waals surface area (Å²) in [4.78, 5) is 15.2. The maximum Gasteiger partial charge on any atom is 0.182 e. The molecule has 3 rings (SSSR count). The summed E-state index contributed by atoms with van der Waals surface area (Å²) in [6.07, 6.45) is 3.06. The standard InChI is InChI=1S/C10H10N6O/c1-6-2-7(17-16-6)3-11-9-8-10(13-4-12-8)15-5-14-9/h2,4-5H,3H2,1H3,(H2,11,12,13,14,15). The van der Waals surface area contributed by atoms with Crippen LogP contribution in [0, 0.1) is 6.92 Å². The van der Waals surface area contributed by atoms with E-state index in [0.717, 1.165) is 17.0 Å². The Morgan fingerprint density at radius 2 is 2.29 bits per heavy atom. The largest absolute Gasteiger partial charge is 0.361 e. The number of aromatic nitrogens is 5. The van der Waals surface area contributed by atoms with Crippen LogP contribution in [0.4, 0.5) is 5.82 Å². The molecule has 2 N–H and O–H groups in total. The van der Waals surface area contributed by atoms with E-state index in [2.05, 4.69) is 30.4 Å². The number of aromatic amines is 1. The molecule has 3 aromatic heterocycles. The van der Waals surface area contributed by atoms with Crippen molar-refractivity contribution in [3.63, 3.8) is 0 Å². The topological polar surface area (TPSA) is 92.5 Å². The zero-order valence-corrected chi connectivity index (χ0v) is 9.14. The summed E-state index contributed by atoms with van der Waals surface area (Å²) >= 11 is 0. The molecule has 3 heterocycles. The zero-order valence-electron chi connectivity index (χ0n) is 9.14. The summed E-state index contributed by atoms with van der Waals surface area (Å²) < 4.78 is 5.10. The number of nitrogens with zero attached hydrogens (tertiary/aromatic N) is 4. The van der Waals surface area contributed by atoms with Crippen LogP contribution < -0.4 is 5.32 Å². The molecule has 17 heavy (non-hydrogen) atoms. The van der Waals surface area contributed by atoms with Gasteiger partial charge in [-0.25, -0.2) is 15.0 Å². The SMILES string of the molecule is Cc1cc(CNc2ncnc3nc[nH]c23)on1. The average molecular weight is 230 g/mol. The van der Waals surface area contributed by atoms with Crippen molar-refractivity contribution in [2.45, 2.75) is 13.5 Å². The molecular weight excluding hydrogens is 220 g/mol. The van der Waals surface area contributed by atoms with Gasteiger partial charge in [-0.1, -0.05) is 5.16 Å². The lowest BCUT2D eigenvalue weighted by atomic mass is 10.4. The molecule has 0 aliphatic carbocycles. The van der Waals surface area contributed by atoms with Crippen LogP contribution in [0.5, 0.6) is 0 Å². The van der Waals surface area contributed by atoms with Crippen LogP contribution in [0.1, 0.15) is 11.5 Å². The second-order valence-electron chi connectivity index (χ2n) is 3.61. The highest BCUT2D eigenvalue weighted by atomic mass is 16.5. The first-order chi connectivity index (χ1) is 8.33. The van der Waals surface area contributed by atoms with Crippen molar-refractivity contribution in [2.24, 2.45) is 0 Å². The minimum absolute atomic E-state index is 0.520. The van der Waals surface area contributed by atoms with Crippen molar-refractivity contribution in [3.05, 3.63) is 30.2 Å². The van der Waals surface area contributed by atoms with Gasteiger partial charge in [-0.05, 0) is 6.92 Å². The van der Waals surface area contributed by atoms with E-state index >= 15 is 0 Å². The van der Waals surface area contributed by atoms with Crippen LogP contribution in [0.25, 0.3) is 11.2 Å². The van der Waals surface area contributed by atoms with E-state index in [1.54, 1.807) is 6.33 Å². The number of rotatable bonds is 3. The van der Waals surface area contributed by atoms with Crippen LogP contribution in [0.3, 0.4) is 0 Å². The first-order valence-electron chi connectivity index (χ1n) is 5.13. The number of aryl methyl sites for hydroxylation is 1. The van der Waals surface area contributed by atoms with Gasteiger partial charge in [0.25, 0.3) is 0 Å². The van der Waals surface area contributed by atoms with E-state index in [9.17, 15) is 0 Å². The highest BCUT2D eigenvalue weighted by Crippen LogP contribution is 2.15. The second kappa shape index (κ2) is 3.85.